The van der Waals surface area contributed by atoms with Crippen LogP contribution in [0.15, 0.2) is 34.2 Å². The Balaban J connectivity index is 2.02. The van der Waals surface area contributed by atoms with Crippen LogP contribution in [-0.2, 0) is 6.42 Å². The van der Waals surface area contributed by atoms with Gasteiger partial charge in [-0.1, -0.05) is 6.92 Å². The number of nitro benzene ring substituents is 1. The summed E-state index contributed by atoms with van der Waals surface area (Å²) in [6, 6.07) is 5.57. The predicted molar refractivity (Wildman–Crippen MR) is 102 cm³/mol. The maximum Gasteiger partial charge on any atom is 0.343 e. The molecule has 146 valence electrons. The summed E-state index contributed by atoms with van der Waals surface area (Å²) < 4.78 is 1.38. The number of non-ortho nitro benzene ring substituents is 1. The number of nitro groups is 1. The van der Waals surface area contributed by atoms with Gasteiger partial charge in [0.2, 0.25) is 0 Å². The number of rotatable bonds is 5. The number of anilines is 1. The van der Waals surface area contributed by atoms with Crippen LogP contribution in [0.1, 0.15) is 54.6 Å². The van der Waals surface area contributed by atoms with E-state index in [1.165, 1.54) is 28.8 Å². The van der Waals surface area contributed by atoms with Gasteiger partial charge in [0.15, 0.2) is 5.82 Å². The molecule has 0 radical (unpaired) electrons. The smallest absolute Gasteiger partial charge is 0.343 e. The van der Waals surface area contributed by atoms with Crippen molar-refractivity contribution in [3.8, 4) is 0 Å². The van der Waals surface area contributed by atoms with E-state index in [1.807, 2.05) is 6.92 Å². The lowest BCUT2D eigenvalue weighted by molar-refractivity contribution is -0.384. The van der Waals surface area contributed by atoms with Crippen molar-refractivity contribution in [1.29, 1.82) is 0 Å². The molecule has 0 aliphatic carbocycles. The number of aryl methyl sites for hydroxylation is 1. The van der Waals surface area contributed by atoms with Crippen LogP contribution in [0.5, 0.6) is 0 Å². The number of nitrogens with zero attached hydrogens (tertiary/aromatic N) is 4. The Kier molecular flexibility index (Phi) is 5.21. The number of hydrogen-bond acceptors (Lipinski definition) is 7. The standard InChI is InChI=1S/C18H19N5O5/c1-3-13-15(18(25)26)17(24)22-10(2)4-9-14(16(22)19-13)21-20-11-5-7-12(8-6-11)23(27)28/h5-8,10,20H,3-4,9H2,1-2H3,(H,25,26). The minimum Gasteiger partial charge on any atom is -0.477 e. The molecule has 10 nitrogen and oxygen atoms in total. The molecule has 2 N–H and O–H groups in total. The maximum absolute atomic E-state index is 12.8. The molecule has 2 aromatic rings. The Bertz CT molecular complexity index is 1030. The van der Waals surface area contributed by atoms with Gasteiger partial charge in [-0.25, -0.2) is 9.78 Å². The van der Waals surface area contributed by atoms with Gasteiger partial charge in [-0.3, -0.25) is 24.9 Å². The SMILES string of the molecule is CCc1nc2n(c(=O)c1C(=O)O)C(C)CCC2=NNc1ccc([N+](=O)[O-])cc1. The first-order chi connectivity index (χ1) is 13.3. The lowest BCUT2D eigenvalue weighted by Crippen LogP contribution is -2.38. The summed E-state index contributed by atoms with van der Waals surface area (Å²) in [5.74, 6) is -0.940. The molecule has 10 heteroatoms. The second-order valence-corrected chi connectivity index (χ2v) is 6.45. The highest BCUT2D eigenvalue weighted by Gasteiger charge is 2.29. The van der Waals surface area contributed by atoms with Crippen LogP contribution in [0.4, 0.5) is 11.4 Å². The zero-order valence-electron chi connectivity index (χ0n) is 15.4. The molecular weight excluding hydrogens is 366 g/mol. The molecule has 1 aromatic carbocycles. The number of carbonyl (C=O) groups is 1. The molecule has 2 heterocycles. The molecule has 1 aliphatic rings. The largest absolute Gasteiger partial charge is 0.477 e. The van der Waals surface area contributed by atoms with E-state index in [4.69, 9.17) is 0 Å². The molecule has 0 fully saturated rings. The molecular formula is C18H19N5O5. The van der Waals surface area contributed by atoms with E-state index in [0.717, 1.165) is 0 Å². The van der Waals surface area contributed by atoms with Crippen molar-refractivity contribution >= 4 is 23.1 Å². The van der Waals surface area contributed by atoms with Crippen molar-refractivity contribution in [1.82, 2.24) is 9.55 Å². The molecule has 0 saturated heterocycles. The van der Waals surface area contributed by atoms with Crippen LogP contribution in [0.2, 0.25) is 0 Å². The average molecular weight is 385 g/mol. The third kappa shape index (κ3) is 3.48. The first kappa shape index (κ1) is 19.2. The summed E-state index contributed by atoms with van der Waals surface area (Å²) in [4.78, 5) is 38.9. The van der Waals surface area contributed by atoms with Gasteiger partial charge in [0.05, 0.1) is 16.3 Å². The zero-order valence-corrected chi connectivity index (χ0v) is 15.4. The van der Waals surface area contributed by atoms with Gasteiger partial charge in [0, 0.05) is 18.2 Å². The number of fused-ring (bicyclic) bond motifs is 1. The average Bonchev–Trinajstić information content (AvgIpc) is 2.66. The first-order valence-electron chi connectivity index (χ1n) is 8.79. The molecule has 0 saturated carbocycles. The summed E-state index contributed by atoms with van der Waals surface area (Å²) in [5, 5.41) is 24.5. The number of hydrogen-bond donors (Lipinski definition) is 2. The van der Waals surface area contributed by atoms with Crippen LogP contribution in [-0.4, -0.2) is 31.3 Å². The maximum atomic E-state index is 12.8. The van der Waals surface area contributed by atoms with Gasteiger partial charge in [0.1, 0.15) is 11.3 Å². The van der Waals surface area contributed by atoms with Crippen molar-refractivity contribution in [3.63, 3.8) is 0 Å². The van der Waals surface area contributed by atoms with Gasteiger partial charge in [-0.05, 0) is 38.3 Å². The number of nitrogens with one attached hydrogen (secondary N) is 1. The monoisotopic (exact) mass is 385 g/mol. The van der Waals surface area contributed by atoms with Gasteiger partial charge in [-0.15, -0.1) is 0 Å². The Morgan fingerprint density at radius 1 is 1.43 bits per heavy atom. The van der Waals surface area contributed by atoms with Crippen LogP contribution >= 0.6 is 0 Å². The number of carboxylic acid groups (broad SMARTS) is 1. The Labute approximate surface area is 159 Å². The van der Waals surface area contributed by atoms with Gasteiger partial charge in [0.25, 0.3) is 11.2 Å². The third-order valence-electron chi connectivity index (χ3n) is 4.63. The Morgan fingerprint density at radius 2 is 2.11 bits per heavy atom. The summed E-state index contributed by atoms with van der Waals surface area (Å²) in [6.07, 6.45) is 1.48. The molecule has 1 unspecified atom stereocenters. The number of carboxylic acids is 1. The number of aromatic carboxylic acids is 1. The fraction of sp³-hybridized carbons (Fsp3) is 0.333. The summed E-state index contributed by atoms with van der Waals surface area (Å²) in [7, 11) is 0. The van der Waals surface area contributed by atoms with Crippen molar-refractivity contribution in [2.24, 2.45) is 5.10 Å². The molecule has 1 aliphatic heterocycles. The van der Waals surface area contributed by atoms with Crippen molar-refractivity contribution in [3.05, 3.63) is 61.8 Å². The fourth-order valence-corrected chi connectivity index (χ4v) is 3.14. The van der Waals surface area contributed by atoms with Crippen LogP contribution < -0.4 is 11.0 Å². The number of benzene rings is 1. The van der Waals surface area contributed by atoms with Crippen LogP contribution in [0, 0.1) is 10.1 Å². The van der Waals surface area contributed by atoms with E-state index in [-0.39, 0.29) is 23.0 Å². The topological polar surface area (TPSA) is 140 Å². The zero-order chi connectivity index (χ0) is 20.4. The van der Waals surface area contributed by atoms with E-state index >= 15 is 0 Å². The lowest BCUT2D eigenvalue weighted by Gasteiger charge is -2.26. The Morgan fingerprint density at radius 3 is 2.68 bits per heavy atom. The lowest BCUT2D eigenvalue weighted by atomic mass is 10.0. The summed E-state index contributed by atoms with van der Waals surface area (Å²) >= 11 is 0. The summed E-state index contributed by atoms with van der Waals surface area (Å²) in [6.45, 7) is 3.58. The van der Waals surface area contributed by atoms with E-state index in [2.05, 4.69) is 15.5 Å². The highest BCUT2D eigenvalue weighted by Crippen LogP contribution is 2.23. The van der Waals surface area contributed by atoms with E-state index in [0.29, 0.717) is 36.5 Å². The highest BCUT2D eigenvalue weighted by atomic mass is 16.6. The number of aromatic nitrogens is 2. The molecule has 0 spiro atoms. The quantitative estimate of drug-likeness (QED) is 0.595. The van der Waals surface area contributed by atoms with E-state index in [9.17, 15) is 24.8 Å². The van der Waals surface area contributed by atoms with E-state index < -0.39 is 16.5 Å². The molecule has 1 atom stereocenters. The van der Waals surface area contributed by atoms with Crippen LogP contribution in [0.25, 0.3) is 0 Å². The van der Waals surface area contributed by atoms with Gasteiger partial charge < -0.3 is 5.11 Å². The minimum absolute atomic E-state index is 0.0305. The Hall–Kier alpha value is -3.56. The first-order valence-corrected chi connectivity index (χ1v) is 8.79. The minimum atomic E-state index is -1.29. The predicted octanol–water partition coefficient (Wildman–Crippen LogP) is 2.58. The van der Waals surface area contributed by atoms with E-state index in [1.54, 1.807) is 6.92 Å². The molecule has 28 heavy (non-hydrogen) atoms. The second kappa shape index (κ2) is 7.59. The fourth-order valence-electron chi connectivity index (χ4n) is 3.14. The molecule has 1 aromatic heterocycles. The summed E-state index contributed by atoms with van der Waals surface area (Å²) in [5.41, 5.74) is 3.21. The normalized spacial score (nSPS) is 17.2. The molecule has 0 bridgehead atoms. The molecule has 3 rings (SSSR count). The van der Waals surface area contributed by atoms with Crippen molar-refractivity contribution < 1.29 is 14.8 Å². The molecule has 0 amide bonds. The van der Waals surface area contributed by atoms with Gasteiger partial charge in [-0.2, -0.15) is 5.10 Å². The van der Waals surface area contributed by atoms with Crippen LogP contribution in [0.3, 0.4) is 0 Å². The third-order valence-corrected chi connectivity index (χ3v) is 4.63. The van der Waals surface area contributed by atoms with Gasteiger partial charge >= 0.3 is 5.97 Å². The van der Waals surface area contributed by atoms with Crippen molar-refractivity contribution in [2.75, 3.05) is 5.43 Å². The number of hydrazone groups is 1. The second-order valence-electron chi connectivity index (χ2n) is 6.45. The van der Waals surface area contributed by atoms with Crippen molar-refractivity contribution in [2.45, 2.75) is 39.2 Å². The highest BCUT2D eigenvalue weighted by molar-refractivity contribution is 5.99.